The fraction of sp³-hybridized carbons (Fsp3) is 1.00. The molecule has 1 aliphatic rings. The molecule has 0 radical (unpaired) electrons. The summed E-state index contributed by atoms with van der Waals surface area (Å²) >= 11 is 0. The Bertz CT molecular complexity index is 123. The van der Waals surface area contributed by atoms with Crippen LogP contribution in [0.25, 0.3) is 0 Å². The third kappa shape index (κ3) is 8.81. The van der Waals surface area contributed by atoms with Crippen molar-refractivity contribution in [3.63, 3.8) is 0 Å². The zero-order valence-electron chi connectivity index (χ0n) is 10.9. The first-order chi connectivity index (χ1) is 7.12. The highest BCUT2D eigenvalue weighted by molar-refractivity contribution is 4.88. The molecular formula is C11H29N3O. The molecular weight excluding hydrogens is 190 g/mol. The summed E-state index contributed by atoms with van der Waals surface area (Å²) in [6.07, 6.45) is 2.51. The van der Waals surface area contributed by atoms with Gasteiger partial charge in [0.05, 0.1) is 0 Å². The summed E-state index contributed by atoms with van der Waals surface area (Å²) in [5.74, 6) is 0. The fourth-order valence-electron chi connectivity index (χ4n) is 1.82. The number of aliphatic hydroxyl groups is 1. The van der Waals surface area contributed by atoms with Crippen LogP contribution in [0.4, 0.5) is 0 Å². The average Bonchev–Trinajstić information content (AvgIpc) is 2.23. The van der Waals surface area contributed by atoms with E-state index in [4.69, 9.17) is 5.11 Å². The number of hydrogen-bond acceptors (Lipinski definition) is 4. The minimum Gasteiger partial charge on any atom is -0.400 e. The zero-order valence-corrected chi connectivity index (χ0v) is 10.9. The fourth-order valence-corrected chi connectivity index (χ4v) is 1.82. The first kappa shape index (κ1) is 17.2. The lowest BCUT2D eigenvalue weighted by Gasteiger charge is -2.36. The normalized spacial score (nSPS) is 18.4. The Hall–Kier alpha value is -0.160. The Morgan fingerprint density at radius 1 is 1.20 bits per heavy atom. The van der Waals surface area contributed by atoms with Crippen LogP contribution in [-0.4, -0.2) is 43.9 Å². The van der Waals surface area contributed by atoms with Crippen LogP contribution in [0, 0.1) is 0 Å². The third-order valence-electron chi connectivity index (χ3n) is 2.34. The van der Waals surface area contributed by atoms with Crippen molar-refractivity contribution in [1.29, 1.82) is 0 Å². The first-order valence-corrected chi connectivity index (χ1v) is 5.63. The smallest absolute Gasteiger partial charge is 0.0319 e. The van der Waals surface area contributed by atoms with Gasteiger partial charge in [-0.2, -0.15) is 0 Å². The average molecular weight is 219 g/mol. The molecule has 0 atom stereocenters. The van der Waals surface area contributed by atoms with E-state index in [9.17, 15) is 0 Å². The first-order valence-electron chi connectivity index (χ1n) is 5.63. The second kappa shape index (κ2) is 10.4. The van der Waals surface area contributed by atoms with Crippen molar-refractivity contribution in [1.82, 2.24) is 10.6 Å². The molecule has 4 heteroatoms. The third-order valence-corrected chi connectivity index (χ3v) is 2.34. The Labute approximate surface area is 94.6 Å². The summed E-state index contributed by atoms with van der Waals surface area (Å²) in [4.78, 5) is 0. The summed E-state index contributed by atoms with van der Waals surface area (Å²) in [6, 6.07) is 0.609. The molecule has 1 saturated heterocycles. The molecule has 0 aromatic carbocycles. The maximum atomic E-state index is 7.00. The molecule has 0 saturated carbocycles. The van der Waals surface area contributed by atoms with E-state index < -0.39 is 0 Å². The van der Waals surface area contributed by atoms with E-state index in [1.165, 1.54) is 19.9 Å². The molecule has 1 heterocycles. The molecule has 1 fully saturated rings. The van der Waals surface area contributed by atoms with Gasteiger partial charge in [-0.15, -0.1) is 0 Å². The lowest BCUT2D eigenvalue weighted by molar-refractivity contribution is 0.249. The summed E-state index contributed by atoms with van der Waals surface area (Å²) in [5, 5.41) is 14.0. The minimum atomic E-state index is 0.388. The second-order valence-corrected chi connectivity index (χ2v) is 4.11. The van der Waals surface area contributed by atoms with Crippen LogP contribution in [0.5, 0.6) is 0 Å². The molecule has 0 spiro atoms. The van der Waals surface area contributed by atoms with Crippen molar-refractivity contribution in [2.75, 3.05) is 27.2 Å². The lowest BCUT2D eigenvalue weighted by atomic mass is 9.90. The summed E-state index contributed by atoms with van der Waals surface area (Å²) in [7, 11) is 2.50. The Kier molecular flexibility index (Phi) is 11.9. The maximum Gasteiger partial charge on any atom is 0.0319 e. The molecule has 0 aromatic rings. The molecule has 0 bridgehead atoms. The van der Waals surface area contributed by atoms with Crippen LogP contribution in [0.1, 0.15) is 33.6 Å². The molecule has 1 rings (SSSR count). The van der Waals surface area contributed by atoms with Gasteiger partial charge in [-0.05, 0) is 39.9 Å². The van der Waals surface area contributed by atoms with Crippen LogP contribution in [0.2, 0.25) is 0 Å². The van der Waals surface area contributed by atoms with E-state index in [0.29, 0.717) is 11.6 Å². The van der Waals surface area contributed by atoms with Crippen molar-refractivity contribution < 1.29 is 5.11 Å². The maximum absolute atomic E-state index is 7.00. The predicted octanol–water partition coefficient (Wildman–Crippen LogP) is 0.310. The standard InChI is InChI=1S/C9H20N2.CH5N.CH4O/c1-8(2)11-9(3)4-6-10-7-5-9;2*1-2/h8,10-11H,4-7H2,1-3H3;2H2,1H3;2H,1H3. The minimum absolute atomic E-state index is 0.388. The van der Waals surface area contributed by atoms with E-state index in [1.807, 2.05) is 0 Å². The Balaban J connectivity index is 0. The molecule has 0 aromatic heterocycles. The molecule has 15 heavy (non-hydrogen) atoms. The highest BCUT2D eigenvalue weighted by Crippen LogP contribution is 2.17. The number of hydrogen-bond donors (Lipinski definition) is 4. The van der Waals surface area contributed by atoms with Gasteiger partial charge in [-0.25, -0.2) is 0 Å². The van der Waals surface area contributed by atoms with E-state index in [2.05, 4.69) is 37.1 Å². The van der Waals surface area contributed by atoms with Crippen molar-refractivity contribution in [3.8, 4) is 0 Å². The molecule has 4 nitrogen and oxygen atoms in total. The highest BCUT2D eigenvalue weighted by atomic mass is 16.2. The van der Waals surface area contributed by atoms with Crippen LogP contribution in [0.3, 0.4) is 0 Å². The lowest BCUT2D eigenvalue weighted by Crippen LogP contribution is -2.52. The summed E-state index contributed by atoms with van der Waals surface area (Å²) < 4.78 is 0. The molecule has 1 aliphatic heterocycles. The van der Waals surface area contributed by atoms with Gasteiger partial charge in [0.25, 0.3) is 0 Å². The molecule has 0 unspecified atom stereocenters. The van der Waals surface area contributed by atoms with Crippen molar-refractivity contribution in [2.24, 2.45) is 5.73 Å². The summed E-state index contributed by atoms with van der Waals surface area (Å²) in [6.45, 7) is 9.08. The van der Waals surface area contributed by atoms with Crippen molar-refractivity contribution in [3.05, 3.63) is 0 Å². The van der Waals surface area contributed by atoms with Crippen LogP contribution in [-0.2, 0) is 0 Å². The number of aliphatic hydroxyl groups excluding tert-OH is 1. The van der Waals surface area contributed by atoms with E-state index in [0.717, 1.165) is 20.2 Å². The SMILES string of the molecule is CC(C)NC1(C)CCNCC1.CN.CO. The van der Waals surface area contributed by atoms with Gasteiger partial charge in [0.1, 0.15) is 0 Å². The predicted molar refractivity (Wildman–Crippen MR) is 67.0 cm³/mol. The van der Waals surface area contributed by atoms with Gasteiger partial charge in [-0.3, -0.25) is 0 Å². The van der Waals surface area contributed by atoms with Gasteiger partial charge in [-0.1, -0.05) is 13.8 Å². The highest BCUT2D eigenvalue weighted by Gasteiger charge is 2.26. The van der Waals surface area contributed by atoms with Crippen molar-refractivity contribution in [2.45, 2.75) is 45.2 Å². The van der Waals surface area contributed by atoms with Gasteiger partial charge < -0.3 is 21.5 Å². The number of rotatable bonds is 2. The van der Waals surface area contributed by atoms with E-state index in [-0.39, 0.29) is 0 Å². The van der Waals surface area contributed by atoms with Gasteiger partial charge in [0, 0.05) is 18.7 Å². The quantitative estimate of drug-likeness (QED) is 0.539. The Morgan fingerprint density at radius 2 is 1.60 bits per heavy atom. The molecule has 0 aliphatic carbocycles. The number of piperidine rings is 1. The largest absolute Gasteiger partial charge is 0.400 e. The van der Waals surface area contributed by atoms with E-state index in [1.54, 1.807) is 0 Å². The van der Waals surface area contributed by atoms with Crippen LogP contribution < -0.4 is 16.4 Å². The van der Waals surface area contributed by atoms with E-state index >= 15 is 0 Å². The van der Waals surface area contributed by atoms with Crippen LogP contribution >= 0.6 is 0 Å². The van der Waals surface area contributed by atoms with Gasteiger partial charge in [0.15, 0.2) is 0 Å². The molecule has 94 valence electrons. The monoisotopic (exact) mass is 219 g/mol. The molecule has 0 amide bonds. The molecule has 5 N–H and O–H groups in total. The topological polar surface area (TPSA) is 70.3 Å². The zero-order chi connectivity index (χ0) is 12.3. The second-order valence-electron chi connectivity index (χ2n) is 4.11. The van der Waals surface area contributed by atoms with Gasteiger partial charge >= 0.3 is 0 Å². The summed E-state index contributed by atoms with van der Waals surface area (Å²) in [5.41, 5.74) is 4.89. The van der Waals surface area contributed by atoms with Crippen LogP contribution in [0.15, 0.2) is 0 Å². The Morgan fingerprint density at radius 3 is 1.93 bits per heavy atom. The number of nitrogens with one attached hydrogen (secondary N) is 2. The van der Waals surface area contributed by atoms with Crippen molar-refractivity contribution >= 4 is 0 Å². The number of nitrogens with two attached hydrogens (primary N) is 1. The van der Waals surface area contributed by atoms with Gasteiger partial charge in [0.2, 0.25) is 0 Å².